The summed E-state index contributed by atoms with van der Waals surface area (Å²) in [5.41, 5.74) is 7.61. The van der Waals surface area contributed by atoms with Crippen molar-refractivity contribution in [3.63, 3.8) is 0 Å². The fourth-order valence-electron chi connectivity index (χ4n) is 1.69. The molecule has 0 aliphatic carbocycles. The van der Waals surface area contributed by atoms with E-state index in [0.29, 0.717) is 12.0 Å². The second-order valence-corrected chi connectivity index (χ2v) is 4.80. The molecule has 2 heterocycles. The molecule has 5 nitrogen and oxygen atoms in total. The Bertz CT molecular complexity index is 530. The number of anilines is 2. The molecule has 0 aromatic carbocycles. The Kier molecular flexibility index (Phi) is 5.15. The van der Waals surface area contributed by atoms with E-state index >= 15 is 0 Å². The Morgan fingerprint density at radius 3 is 2.42 bits per heavy atom. The van der Waals surface area contributed by atoms with E-state index in [1.807, 2.05) is 27.0 Å². The van der Waals surface area contributed by atoms with E-state index in [4.69, 9.17) is 5.73 Å². The number of nitrogens with zero attached hydrogens (tertiary/aromatic N) is 2. The number of hydrogen-bond donors (Lipinski definition) is 3. The van der Waals surface area contributed by atoms with Crippen LogP contribution in [0.3, 0.4) is 0 Å². The zero-order chi connectivity index (χ0) is 14.6. The molecule has 0 unspecified atom stereocenters. The van der Waals surface area contributed by atoms with Crippen molar-refractivity contribution in [3.8, 4) is 0 Å². The molecule has 0 saturated carbocycles. The highest BCUT2D eigenvalue weighted by molar-refractivity contribution is 5.91. The third-order valence-electron chi connectivity index (χ3n) is 3.11. The fraction of sp³-hybridized carbons (Fsp3) is 0.571. The van der Waals surface area contributed by atoms with Crippen LogP contribution in [0.1, 0.15) is 40.2 Å². The van der Waals surface area contributed by atoms with Crippen molar-refractivity contribution < 1.29 is 0 Å². The first-order chi connectivity index (χ1) is 8.99. The zero-order valence-electron chi connectivity index (χ0n) is 12.7. The van der Waals surface area contributed by atoms with E-state index < -0.39 is 0 Å². The van der Waals surface area contributed by atoms with Crippen LogP contribution in [-0.2, 0) is 0 Å². The maximum atomic E-state index is 5.70. The number of nitrogen functional groups attached to an aromatic ring is 1. The largest absolute Gasteiger partial charge is 0.368 e. The van der Waals surface area contributed by atoms with Crippen LogP contribution < -0.4 is 11.1 Å². The van der Waals surface area contributed by atoms with E-state index in [2.05, 4.69) is 41.0 Å². The van der Waals surface area contributed by atoms with E-state index in [-0.39, 0.29) is 5.95 Å². The Balaban J connectivity index is 0.000000861. The molecular weight excluding hydrogens is 238 g/mol. The van der Waals surface area contributed by atoms with Crippen LogP contribution in [0.15, 0.2) is 6.20 Å². The normalized spacial score (nSPS) is 12.2. The lowest BCUT2D eigenvalue weighted by atomic mass is 10.1. The predicted octanol–water partition coefficient (Wildman–Crippen LogP) is 3.33. The minimum atomic E-state index is 0.290. The molecule has 106 valence electrons. The molecule has 0 saturated heterocycles. The molecule has 19 heavy (non-hydrogen) atoms. The summed E-state index contributed by atoms with van der Waals surface area (Å²) in [6.45, 7) is 12.5. The summed E-state index contributed by atoms with van der Waals surface area (Å²) < 4.78 is 0. The molecule has 0 amide bonds. The average molecular weight is 263 g/mol. The third kappa shape index (κ3) is 3.36. The summed E-state index contributed by atoms with van der Waals surface area (Å²) in [4.78, 5) is 11.6. The predicted molar refractivity (Wildman–Crippen MR) is 82.3 cm³/mol. The number of aromatic nitrogens is 3. The quantitative estimate of drug-likeness (QED) is 0.793. The smallest absolute Gasteiger partial charge is 0.223 e. The van der Waals surface area contributed by atoms with Gasteiger partial charge in [0, 0.05) is 12.2 Å². The standard InChI is InChI=1S/C12H19N5.C2H6/c1-6(2)8(4)15-11-9-7(3)5-14-10(9)16-12(13)17-11;1-2/h5-6,8H,1-4H3,(H4,13,14,15,16,17);1-2H3/t8-;/m0./s1. The minimum Gasteiger partial charge on any atom is -0.368 e. The van der Waals surface area contributed by atoms with Gasteiger partial charge in [0.1, 0.15) is 11.5 Å². The van der Waals surface area contributed by atoms with Crippen LogP contribution in [0, 0.1) is 12.8 Å². The van der Waals surface area contributed by atoms with Crippen molar-refractivity contribution in [3.05, 3.63) is 11.8 Å². The topological polar surface area (TPSA) is 79.6 Å². The number of rotatable bonds is 3. The van der Waals surface area contributed by atoms with Gasteiger partial charge in [-0.2, -0.15) is 9.97 Å². The summed E-state index contributed by atoms with van der Waals surface area (Å²) in [6, 6.07) is 0.335. The van der Waals surface area contributed by atoms with Gasteiger partial charge in [0.15, 0.2) is 0 Å². The first-order valence-corrected chi connectivity index (χ1v) is 6.86. The lowest BCUT2D eigenvalue weighted by Gasteiger charge is -2.18. The van der Waals surface area contributed by atoms with Gasteiger partial charge in [0.25, 0.3) is 0 Å². The number of aromatic amines is 1. The maximum absolute atomic E-state index is 5.70. The number of H-pyrrole nitrogens is 1. The van der Waals surface area contributed by atoms with Crippen molar-refractivity contribution in [2.24, 2.45) is 5.92 Å². The molecule has 5 heteroatoms. The monoisotopic (exact) mass is 263 g/mol. The molecular formula is C14H25N5. The van der Waals surface area contributed by atoms with Crippen LogP contribution in [0.5, 0.6) is 0 Å². The molecule has 4 N–H and O–H groups in total. The van der Waals surface area contributed by atoms with Crippen LogP contribution in [0.4, 0.5) is 11.8 Å². The zero-order valence-corrected chi connectivity index (χ0v) is 12.7. The molecule has 1 atom stereocenters. The lowest BCUT2D eigenvalue weighted by molar-refractivity contribution is 0.559. The Morgan fingerprint density at radius 1 is 1.21 bits per heavy atom. The number of nitrogens with two attached hydrogens (primary N) is 1. The second-order valence-electron chi connectivity index (χ2n) is 4.80. The number of nitrogens with one attached hydrogen (secondary N) is 2. The van der Waals surface area contributed by atoms with Crippen LogP contribution in [0.2, 0.25) is 0 Å². The SMILES string of the molecule is CC.Cc1c[nH]c2nc(N)nc(N[C@@H](C)C(C)C)c12. The summed E-state index contributed by atoms with van der Waals surface area (Å²) >= 11 is 0. The first kappa shape index (κ1) is 15.3. The summed E-state index contributed by atoms with van der Waals surface area (Å²) in [5.74, 6) is 1.63. The fourth-order valence-corrected chi connectivity index (χ4v) is 1.69. The molecule has 0 radical (unpaired) electrons. The Labute approximate surface area is 115 Å². The highest BCUT2D eigenvalue weighted by Gasteiger charge is 2.14. The third-order valence-corrected chi connectivity index (χ3v) is 3.11. The second kappa shape index (κ2) is 6.41. The highest BCUT2D eigenvalue weighted by atomic mass is 15.1. The van der Waals surface area contributed by atoms with Crippen LogP contribution in [0.25, 0.3) is 11.0 Å². The summed E-state index contributed by atoms with van der Waals surface area (Å²) in [5, 5.41) is 4.42. The highest BCUT2D eigenvalue weighted by Crippen LogP contribution is 2.25. The average Bonchev–Trinajstić information content (AvgIpc) is 2.73. The summed E-state index contributed by atoms with van der Waals surface area (Å²) in [7, 11) is 0. The molecule has 0 spiro atoms. The van der Waals surface area contributed by atoms with E-state index in [0.717, 1.165) is 22.4 Å². The van der Waals surface area contributed by atoms with Gasteiger partial charge >= 0.3 is 0 Å². The van der Waals surface area contributed by atoms with E-state index in [9.17, 15) is 0 Å². The Hall–Kier alpha value is -1.78. The van der Waals surface area contributed by atoms with Gasteiger partial charge in [-0.3, -0.25) is 0 Å². The van der Waals surface area contributed by atoms with Crippen molar-refractivity contribution in [2.75, 3.05) is 11.1 Å². The van der Waals surface area contributed by atoms with Gasteiger partial charge in [-0.1, -0.05) is 27.7 Å². The van der Waals surface area contributed by atoms with Crippen LogP contribution >= 0.6 is 0 Å². The van der Waals surface area contributed by atoms with E-state index in [1.165, 1.54) is 0 Å². The Morgan fingerprint density at radius 2 is 1.84 bits per heavy atom. The molecule has 0 fully saturated rings. The lowest BCUT2D eigenvalue weighted by Crippen LogP contribution is -2.22. The number of fused-ring (bicyclic) bond motifs is 1. The summed E-state index contributed by atoms with van der Waals surface area (Å²) in [6.07, 6.45) is 1.92. The van der Waals surface area contributed by atoms with Gasteiger partial charge < -0.3 is 16.0 Å². The molecule has 2 rings (SSSR count). The number of aryl methyl sites for hydroxylation is 1. The van der Waals surface area contributed by atoms with Gasteiger partial charge in [0.2, 0.25) is 5.95 Å². The van der Waals surface area contributed by atoms with Gasteiger partial charge in [-0.25, -0.2) is 0 Å². The minimum absolute atomic E-state index is 0.290. The van der Waals surface area contributed by atoms with Crippen molar-refractivity contribution >= 4 is 22.8 Å². The molecule has 2 aromatic rings. The molecule has 2 aromatic heterocycles. The van der Waals surface area contributed by atoms with Crippen molar-refractivity contribution in [1.82, 2.24) is 15.0 Å². The van der Waals surface area contributed by atoms with Gasteiger partial charge in [-0.05, 0) is 25.3 Å². The van der Waals surface area contributed by atoms with Gasteiger partial charge in [0.05, 0.1) is 5.39 Å². The molecule has 0 aliphatic rings. The number of hydrogen-bond acceptors (Lipinski definition) is 4. The van der Waals surface area contributed by atoms with Gasteiger partial charge in [-0.15, -0.1) is 0 Å². The molecule has 0 aliphatic heterocycles. The van der Waals surface area contributed by atoms with Crippen molar-refractivity contribution in [2.45, 2.75) is 47.6 Å². The van der Waals surface area contributed by atoms with Crippen LogP contribution in [-0.4, -0.2) is 21.0 Å². The first-order valence-electron chi connectivity index (χ1n) is 6.86. The van der Waals surface area contributed by atoms with Crippen molar-refractivity contribution in [1.29, 1.82) is 0 Å². The molecule has 0 bridgehead atoms. The maximum Gasteiger partial charge on any atom is 0.223 e. The van der Waals surface area contributed by atoms with E-state index in [1.54, 1.807) is 0 Å².